The molecule has 6 heteroatoms. The average molecular weight is 350 g/mol. The van der Waals surface area contributed by atoms with E-state index < -0.39 is 0 Å². The minimum absolute atomic E-state index is 0.00266. The Bertz CT molecular complexity index is 601. The number of halogens is 1. The van der Waals surface area contributed by atoms with Crippen LogP contribution in [-0.4, -0.2) is 47.0 Å². The first kappa shape index (κ1) is 19.2. The third-order valence-electron chi connectivity index (χ3n) is 4.35. The van der Waals surface area contributed by atoms with Gasteiger partial charge in [-0.15, -0.1) is 0 Å². The fourth-order valence-electron chi connectivity index (χ4n) is 2.98. The van der Waals surface area contributed by atoms with Crippen LogP contribution >= 0.6 is 0 Å². The summed E-state index contributed by atoms with van der Waals surface area (Å²) < 4.78 is 18.4. The van der Waals surface area contributed by atoms with Crippen LogP contribution in [0, 0.1) is 11.7 Å². The van der Waals surface area contributed by atoms with E-state index in [0.717, 1.165) is 5.56 Å². The Kier molecular flexibility index (Phi) is 6.39. The normalized spacial score (nSPS) is 18.7. The molecule has 0 saturated carbocycles. The lowest BCUT2D eigenvalue weighted by molar-refractivity contribution is -0.134. The summed E-state index contributed by atoms with van der Waals surface area (Å²) in [5, 5.41) is 0. The fourth-order valence-corrected chi connectivity index (χ4v) is 2.98. The molecule has 138 valence electrons. The third-order valence-corrected chi connectivity index (χ3v) is 4.35. The molecule has 1 fully saturated rings. The first-order valence-electron chi connectivity index (χ1n) is 8.77. The van der Waals surface area contributed by atoms with Gasteiger partial charge in [-0.05, 0) is 37.5 Å². The summed E-state index contributed by atoms with van der Waals surface area (Å²) in [6.45, 7) is 8.89. The molecule has 1 saturated heterocycles. The molecule has 1 aromatic rings. The summed E-state index contributed by atoms with van der Waals surface area (Å²) in [4.78, 5) is 28.4. The van der Waals surface area contributed by atoms with Crippen LogP contribution in [0.4, 0.5) is 9.18 Å². The van der Waals surface area contributed by atoms with Crippen LogP contribution in [0.3, 0.4) is 0 Å². The number of amides is 2. The predicted molar refractivity (Wildman–Crippen MR) is 93.4 cm³/mol. The Labute approximate surface area is 148 Å². The monoisotopic (exact) mass is 350 g/mol. The summed E-state index contributed by atoms with van der Waals surface area (Å²) in [6.07, 6.45) is -0.311. The van der Waals surface area contributed by atoms with E-state index in [4.69, 9.17) is 4.74 Å². The lowest BCUT2D eigenvalue weighted by Crippen LogP contribution is -2.47. The van der Waals surface area contributed by atoms with Crippen molar-refractivity contribution in [3.63, 3.8) is 0 Å². The lowest BCUT2D eigenvalue weighted by atomic mass is 10.0. The Balaban J connectivity index is 2.18. The van der Waals surface area contributed by atoms with Crippen molar-refractivity contribution in [2.45, 2.75) is 52.8 Å². The van der Waals surface area contributed by atoms with Gasteiger partial charge in [0.2, 0.25) is 5.91 Å². The number of carbonyl (C=O) groups excluding carboxylic acids is 2. The highest BCUT2D eigenvalue weighted by Gasteiger charge is 2.34. The van der Waals surface area contributed by atoms with Crippen molar-refractivity contribution in [2.24, 2.45) is 5.92 Å². The molecule has 1 aliphatic rings. The van der Waals surface area contributed by atoms with Gasteiger partial charge >= 0.3 is 6.09 Å². The van der Waals surface area contributed by atoms with Gasteiger partial charge in [0, 0.05) is 26.1 Å². The van der Waals surface area contributed by atoms with Gasteiger partial charge in [0.25, 0.3) is 0 Å². The van der Waals surface area contributed by atoms with Crippen LogP contribution in [0.2, 0.25) is 0 Å². The van der Waals surface area contributed by atoms with Crippen molar-refractivity contribution in [1.29, 1.82) is 0 Å². The fraction of sp³-hybridized carbons (Fsp3) is 0.579. The molecule has 1 aliphatic heterocycles. The smallest absolute Gasteiger partial charge is 0.410 e. The molecule has 2 rings (SSSR count). The average Bonchev–Trinajstić information content (AvgIpc) is 2.69. The van der Waals surface area contributed by atoms with Crippen molar-refractivity contribution >= 4 is 12.0 Å². The highest BCUT2D eigenvalue weighted by atomic mass is 19.1. The van der Waals surface area contributed by atoms with E-state index in [1.54, 1.807) is 21.9 Å². The van der Waals surface area contributed by atoms with E-state index >= 15 is 0 Å². The minimum Gasteiger partial charge on any atom is -0.447 e. The second-order valence-electron chi connectivity index (χ2n) is 7.09. The highest BCUT2D eigenvalue weighted by Crippen LogP contribution is 2.21. The van der Waals surface area contributed by atoms with Gasteiger partial charge in [-0.3, -0.25) is 4.79 Å². The molecule has 1 heterocycles. The topological polar surface area (TPSA) is 49.9 Å². The van der Waals surface area contributed by atoms with Gasteiger partial charge in [-0.25, -0.2) is 9.18 Å². The van der Waals surface area contributed by atoms with E-state index in [-0.39, 0.29) is 42.3 Å². The second-order valence-corrected chi connectivity index (χ2v) is 7.09. The number of nitrogens with zero attached hydrogens (tertiary/aromatic N) is 2. The standard InChI is InChI=1S/C19H27FN2O3/c1-13(2)17-12-21(19(24)25-14(3)4)10-9-18(23)22(17)11-15-5-7-16(20)8-6-15/h5-8,13-14,17H,9-12H2,1-4H3. The Morgan fingerprint density at radius 2 is 1.88 bits per heavy atom. The van der Waals surface area contributed by atoms with Crippen molar-refractivity contribution < 1.29 is 18.7 Å². The Morgan fingerprint density at radius 3 is 2.44 bits per heavy atom. The summed E-state index contributed by atoms with van der Waals surface area (Å²) in [7, 11) is 0. The van der Waals surface area contributed by atoms with E-state index in [2.05, 4.69) is 0 Å². The lowest BCUT2D eigenvalue weighted by Gasteiger charge is -2.34. The molecule has 1 unspecified atom stereocenters. The molecule has 0 radical (unpaired) electrons. The molecule has 1 aromatic carbocycles. The summed E-state index contributed by atoms with van der Waals surface area (Å²) in [5.41, 5.74) is 0.874. The van der Waals surface area contributed by atoms with Crippen molar-refractivity contribution in [3.8, 4) is 0 Å². The van der Waals surface area contributed by atoms with Crippen LogP contribution in [0.15, 0.2) is 24.3 Å². The van der Waals surface area contributed by atoms with Crippen LogP contribution < -0.4 is 0 Å². The zero-order chi connectivity index (χ0) is 18.6. The maximum absolute atomic E-state index is 13.1. The molecule has 25 heavy (non-hydrogen) atoms. The van der Waals surface area contributed by atoms with Crippen LogP contribution in [-0.2, 0) is 16.1 Å². The zero-order valence-corrected chi connectivity index (χ0v) is 15.4. The van der Waals surface area contributed by atoms with Crippen molar-refractivity contribution in [3.05, 3.63) is 35.6 Å². The van der Waals surface area contributed by atoms with Gasteiger partial charge in [0.15, 0.2) is 0 Å². The molecule has 0 aromatic heterocycles. The number of ether oxygens (including phenoxy) is 1. The summed E-state index contributed by atoms with van der Waals surface area (Å²) in [5.74, 6) is -0.117. The first-order valence-corrected chi connectivity index (χ1v) is 8.77. The number of hydrogen-bond donors (Lipinski definition) is 0. The molecule has 5 nitrogen and oxygen atoms in total. The largest absolute Gasteiger partial charge is 0.447 e. The number of carbonyl (C=O) groups is 2. The number of rotatable bonds is 4. The summed E-state index contributed by atoms with van der Waals surface area (Å²) >= 11 is 0. The number of hydrogen-bond acceptors (Lipinski definition) is 3. The molecule has 0 aliphatic carbocycles. The Hall–Kier alpha value is -2.11. The maximum Gasteiger partial charge on any atom is 0.410 e. The molecular formula is C19H27FN2O3. The summed E-state index contributed by atoms with van der Waals surface area (Å²) in [6, 6.07) is 6.06. The molecule has 0 spiro atoms. The van der Waals surface area contributed by atoms with Gasteiger partial charge in [-0.1, -0.05) is 26.0 Å². The van der Waals surface area contributed by atoms with Crippen molar-refractivity contribution in [1.82, 2.24) is 9.80 Å². The van der Waals surface area contributed by atoms with Crippen molar-refractivity contribution in [2.75, 3.05) is 13.1 Å². The quantitative estimate of drug-likeness (QED) is 0.836. The van der Waals surface area contributed by atoms with Crippen LogP contribution in [0.5, 0.6) is 0 Å². The first-order chi connectivity index (χ1) is 11.8. The minimum atomic E-state index is -0.378. The Morgan fingerprint density at radius 1 is 1.24 bits per heavy atom. The molecular weight excluding hydrogens is 323 g/mol. The zero-order valence-electron chi connectivity index (χ0n) is 15.4. The maximum atomic E-state index is 13.1. The second kappa shape index (κ2) is 8.32. The van der Waals surface area contributed by atoms with Gasteiger partial charge in [0.05, 0.1) is 12.1 Å². The highest BCUT2D eigenvalue weighted by molar-refractivity contribution is 5.78. The molecule has 0 N–H and O–H groups in total. The van der Waals surface area contributed by atoms with Crippen LogP contribution in [0.25, 0.3) is 0 Å². The SMILES string of the molecule is CC(C)OC(=O)N1CCC(=O)N(Cc2ccc(F)cc2)C(C(C)C)C1. The third kappa shape index (κ3) is 5.18. The van der Waals surface area contributed by atoms with E-state index in [9.17, 15) is 14.0 Å². The van der Waals surface area contributed by atoms with E-state index in [0.29, 0.717) is 19.6 Å². The molecule has 0 bridgehead atoms. The predicted octanol–water partition coefficient (Wildman–Crippen LogP) is 3.43. The van der Waals surface area contributed by atoms with Gasteiger partial charge < -0.3 is 14.5 Å². The molecule has 1 atom stereocenters. The molecule has 2 amide bonds. The van der Waals surface area contributed by atoms with Gasteiger partial charge in [0.1, 0.15) is 5.82 Å². The van der Waals surface area contributed by atoms with Gasteiger partial charge in [-0.2, -0.15) is 0 Å². The van der Waals surface area contributed by atoms with E-state index in [1.165, 1.54) is 12.1 Å². The van der Waals surface area contributed by atoms with E-state index in [1.807, 2.05) is 27.7 Å². The number of benzene rings is 1. The van der Waals surface area contributed by atoms with Crippen LogP contribution in [0.1, 0.15) is 39.7 Å².